The van der Waals surface area contributed by atoms with Crippen LogP contribution in [0.1, 0.15) is 0 Å². The van der Waals surface area contributed by atoms with Crippen LogP contribution in [-0.2, 0) is 0 Å². The van der Waals surface area contributed by atoms with Crippen LogP contribution in [0.3, 0.4) is 0 Å². The third-order valence-electron chi connectivity index (χ3n) is 12.6. The summed E-state index contributed by atoms with van der Waals surface area (Å²) in [6.45, 7) is 0. The molecule has 0 N–H and O–H groups in total. The van der Waals surface area contributed by atoms with E-state index in [2.05, 4.69) is 182 Å². The monoisotopic (exact) mass is 720 g/mol. The van der Waals surface area contributed by atoms with Crippen molar-refractivity contribution in [2.75, 3.05) is 0 Å². The molecule has 262 valence electrons. The lowest BCUT2D eigenvalue weighted by atomic mass is 9.85. The van der Waals surface area contributed by atoms with Crippen LogP contribution in [0.4, 0.5) is 0 Å². The summed E-state index contributed by atoms with van der Waals surface area (Å²) in [6, 6.07) is 71.9. The molecule has 1 aromatic heterocycles. The highest BCUT2D eigenvalue weighted by Gasteiger charge is 2.18. The van der Waals surface area contributed by atoms with Gasteiger partial charge in [0.25, 0.3) is 0 Å². The van der Waals surface area contributed by atoms with Gasteiger partial charge < -0.3 is 4.42 Å². The number of rotatable bonds is 4. The van der Waals surface area contributed by atoms with E-state index < -0.39 is 0 Å². The summed E-state index contributed by atoms with van der Waals surface area (Å²) in [4.78, 5) is 0. The molecule has 0 radical (unpaired) electrons. The lowest BCUT2D eigenvalue weighted by Crippen LogP contribution is -1.92. The Morgan fingerprint density at radius 2 is 0.719 bits per heavy atom. The first-order valence-electron chi connectivity index (χ1n) is 19.7. The second-order valence-electron chi connectivity index (χ2n) is 15.6. The SMILES string of the molecule is c1cc(-c2ccc(-c3ccc4oc5ccccc5c4c3)cc2-c2ccc3ccc4cccc5ccc2c3c45)cc(-c2ccc3ccc4cccc5ccc2c3c45)c1. The van der Waals surface area contributed by atoms with Crippen molar-refractivity contribution in [3.05, 3.63) is 194 Å². The molecule has 13 rings (SSSR count). The molecular weight excluding hydrogens is 689 g/mol. The summed E-state index contributed by atoms with van der Waals surface area (Å²) in [5.41, 5.74) is 11.5. The third kappa shape index (κ3) is 4.46. The Morgan fingerprint density at radius 3 is 1.42 bits per heavy atom. The van der Waals surface area contributed by atoms with Crippen LogP contribution in [0.5, 0.6) is 0 Å². The average Bonchev–Trinajstić information content (AvgIpc) is 3.65. The summed E-state index contributed by atoms with van der Waals surface area (Å²) >= 11 is 0. The van der Waals surface area contributed by atoms with Crippen molar-refractivity contribution < 1.29 is 4.42 Å². The summed E-state index contributed by atoms with van der Waals surface area (Å²) in [5.74, 6) is 0. The van der Waals surface area contributed by atoms with Crippen molar-refractivity contribution in [3.8, 4) is 44.5 Å². The molecule has 0 aliphatic heterocycles. The first-order valence-corrected chi connectivity index (χ1v) is 19.7. The predicted octanol–water partition coefficient (Wildman–Crippen LogP) is 16.0. The van der Waals surface area contributed by atoms with E-state index in [4.69, 9.17) is 4.42 Å². The van der Waals surface area contributed by atoms with Gasteiger partial charge in [-0.05, 0) is 139 Å². The van der Waals surface area contributed by atoms with Gasteiger partial charge in [-0.25, -0.2) is 0 Å². The number of benzene rings is 12. The number of hydrogen-bond donors (Lipinski definition) is 0. The van der Waals surface area contributed by atoms with E-state index in [0.29, 0.717) is 0 Å². The topological polar surface area (TPSA) is 13.1 Å². The molecule has 0 spiro atoms. The molecule has 57 heavy (non-hydrogen) atoms. The van der Waals surface area contributed by atoms with E-state index in [1.165, 1.54) is 109 Å². The lowest BCUT2D eigenvalue weighted by molar-refractivity contribution is 0.669. The Morgan fingerprint density at radius 1 is 0.228 bits per heavy atom. The van der Waals surface area contributed by atoms with Gasteiger partial charge in [0.15, 0.2) is 0 Å². The van der Waals surface area contributed by atoms with Gasteiger partial charge in [-0.3, -0.25) is 0 Å². The zero-order valence-electron chi connectivity index (χ0n) is 30.9. The molecule has 1 heteroatoms. The number of furan rings is 1. The molecule has 0 atom stereocenters. The molecule has 0 saturated carbocycles. The Hall–Kier alpha value is -7.48. The van der Waals surface area contributed by atoms with Crippen molar-refractivity contribution in [1.29, 1.82) is 0 Å². The molecule has 0 bridgehead atoms. The van der Waals surface area contributed by atoms with Crippen LogP contribution in [0.15, 0.2) is 199 Å². The molecular formula is C56H32O. The number of para-hydroxylation sites is 1. The zero-order chi connectivity index (χ0) is 37.2. The van der Waals surface area contributed by atoms with Gasteiger partial charge in [0.2, 0.25) is 0 Å². The fraction of sp³-hybridized carbons (Fsp3) is 0. The molecule has 0 aliphatic rings. The molecule has 1 nitrogen and oxygen atoms in total. The molecule has 1 heterocycles. The normalized spacial score (nSPS) is 12.2. The van der Waals surface area contributed by atoms with E-state index in [-0.39, 0.29) is 0 Å². The van der Waals surface area contributed by atoms with E-state index in [0.717, 1.165) is 21.9 Å². The minimum Gasteiger partial charge on any atom is -0.456 e. The minimum atomic E-state index is 0.909. The Labute approximate surface area is 328 Å². The second-order valence-corrected chi connectivity index (χ2v) is 15.6. The van der Waals surface area contributed by atoms with E-state index in [1.807, 2.05) is 12.1 Å². The average molecular weight is 721 g/mol. The highest BCUT2D eigenvalue weighted by Crippen LogP contribution is 2.45. The van der Waals surface area contributed by atoms with E-state index in [1.54, 1.807) is 0 Å². The fourth-order valence-electron chi connectivity index (χ4n) is 9.92. The number of fused-ring (bicyclic) bond motifs is 3. The van der Waals surface area contributed by atoms with E-state index >= 15 is 0 Å². The number of hydrogen-bond acceptors (Lipinski definition) is 1. The lowest BCUT2D eigenvalue weighted by Gasteiger charge is -2.18. The molecule has 0 aliphatic carbocycles. The van der Waals surface area contributed by atoms with Crippen LogP contribution < -0.4 is 0 Å². The quantitative estimate of drug-likeness (QED) is 0.165. The maximum atomic E-state index is 6.23. The van der Waals surface area contributed by atoms with Gasteiger partial charge in [-0.15, -0.1) is 0 Å². The van der Waals surface area contributed by atoms with Crippen LogP contribution in [0.25, 0.3) is 131 Å². The Kier molecular flexibility index (Phi) is 6.23. The molecule has 12 aromatic carbocycles. The van der Waals surface area contributed by atoms with Crippen molar-refractivity contribution in [2.45, 2.75) is 0 Å². The Bertz CT molecular complexity index is 3720. The van der Waals surface area contributed by atoms with Crippen molar-refractivity contribution in [2.24, 2.45) is 0 Å². The molecule has 13 aromatic rings. The largest absolute Gasteiger partial charge is 0.456 e. The predicted molar refractivity (Wildman–Crippen MR) is 243 cm³/mol. The maximum Gasteiger partial charge on any atom is 0.135 e. The van der Waals surface area contributed by atoms with Crippen LogP contribution in [0, 0.1) is 0 Å². The van der Waals surface area contributed by atoms with Gasteiger partial charge in [0, 0.05) is 10.8 Å². The minimum absolute atomic E-state index is 0.909. The van der Waals surface area contributed by atoms with Crippen LogP contribution >= 0.6 is 0 Å². The highest BCUT2D eigenvalue weighted by molar-refractivity contribution is 6.27. The third-order valence-corrected chi connectivity index (χ3v) is 12.6. The van der Waals surface area contributed by atoms with Crippen molar-refractivity contribution in [3.63, 3.8) is 0 Å². The van der Waals surface area contributed by atoms with Gasteiger partial charge >= 0.3 is 0 Å². The van der Waals surface area contributed by atoms with Gasteiger partial charge in [0.1, 0.15) is 11.2 Å². The summed E-state index contributed by atoms with van der Waals surface area (Å²) in [5, 5.41) is 17.9. The van der Waals surface area contributed by atoms with Gasteiger partial charge in [0.05, 0.1) is 0 Å². The van der Waals surface area contributed by atoms with Crippen LogP contribution in [-0.4, -0.2) is 0 Å². The molecule has 0 fully saturated rings. The smallest absolute Gasteiger partial charge is 0.135 e. The molecule has 0 amide bonds. The van der Waals surface area contributed by atoms with Gasteiger partial charge in [-0.2, -0.15) is 0 Å². The van der Waals surface area contributed by atoms with Gasteiger partial charge in [-0.1, -0.05) is 164 Å². The molecule has 0 saturated heterocycles. The summed E-state index contributed by atoms with van der Waals surface area (Å²) in [6.07, 6.45) is 0. The fourth-order valence-corrected chi connectivity index (χ4v) is 9.92. The maximum absolute atomic E-state index is 6.23. The summed E-state index contributed by atoms with van der Waals surface area (Å²) < 4.78 is 6.23. The van der Waals surface area contributed by atoms with Crippen LogP contribution in [0.2, 0.25) is 0 Å². The standard InChI is InChI=1S/C56H32O/c1-2-13-51-46(12-1)50-32-40(23-29-52(50)57-51)39-22-25-44(49(31-39)45-26-19-38-17-15-34-7-4-9-36-21-28-48(45)56(38)54(34)36)42-11-5-10-41(30-42)43-24-18-37-16-14-33-6-3-8-35-20-27-47(43)55(37)53(33)35/h1-32H. The second kappa shape index (κ2) is 11.5. The summed E-state index contributed by atoms with van der Waals surface area (Å²) in [7, 11) is 0. The Balaban J connectivity index is 1.05. The highest BCUT2D eigenvalue weighted by atomic mass is 16.3. The van der Waals surface area contributed by atoms with E-state index in [9.17, 15) is 0 Å². The molecule has 0 unspecified atom stereocenters. The zero-order valence-corrected chi connectivity index (χ0v) is 30.9. The van der Waals surface area contributed by atoms with Crippen molar-refractivity contribution >= 4 is 86.6 Å². The first-order chi connectivity index (χ1) is 28.2. The van der Waals surface area contributed by atoms with Crippen molar-refractivity contribution in [1.82, 2.24) is 0 Å². The first kappa shape index (κ1) is 30.8.